The third-order valence-electron chi connectivity index (χ3n) is 2.57. The average Bonchev–Trinajstić information content (AvgIpc) is 3.07. The minimum atomic E-state index is -0.290. The normalized spacial score (nSPS) is 11.0. The summed E-state index contributed by atoms with van der Waals surface area (Å²) in [6.07, 6.45) is 0.151. The van der Waals surface area contributed by atoms with Gasteiger partial charge in [-0.15, -0.1) is 21.5 Å². The molecule has 22 heavy (non-hydrogen) atoms. The SMILES string of the molecule is CCOC(=O)Cc1nnc(Sc2nc3c(Cl)cccc3s2)s1. The summed E-state index contributed by atoms with van der Waals surface area (Å²) in [7, 11) is 0. The molecule has 0 saturated heterocycles. The second-order valence-corrected chi connectivity index (χ2v) is 8.11. The lowest BCUT2D eigenvalue weighted by Gasteiger charge is -1.96. The van der Waals surface area contributed by atoms with Crippen LogP contribution in [-0.4, -0.2) is 27.8 Å². The molecule has 0 N–H and O–H groups in total. The molecule has 0 bridgehead atoms. The third-order valence-corrected chi connectivity index (χ3v) is 5.93. The Balaban J connectivity index is 1.73. The van der Waals surface area contributed by atoms with Crippen LogP contribution in [0.2, 0.25) is 5.02 Å². The van der Waals surface area contributed by atoms with Crippen molar-refractivity contribution in [2.45, 2.75) is 22.0 Å². The van der Waals surface area contributed by atoms with Gasteiger partial charge in [-0.2, -0.15) is 0 Å². The predicted octanol–water partition coefficient (Wildman–Crippen LogP) is 4.06. The number of esters is 1. The van der Waals surface area contributed by atoms with Crippen LogP contribution in [0.15, 0.2) is 26.9 Å². The Morgan fingerprint density at radius 3 is 2.95 bits per heavy atom. The number of benzene rings is 1. The van der Waals surface area contributed by atoms with Crippen LogP contribution < -0.4 is 0 Å². The van der Waals surface area contributed by atoms with Crippen molar-refractivity contribution in [3.05, 3.63) is 28.2 Å². The van der Waals surface area contributed by atoms with E-state index in [0.717, 1.165) is 18.9 Å². The largest absolute Gasteiger partial charge is 0.466 e. The Bertz CT molecular complexity index is 818. The smallest absolute Gasteiger partial charge is 0.312 e. The quantitative estimate of drug-likeness (QED) is 0.630. The molecular weight excluding hydrogens is 362 g/mol. The van der Waals surface area contributed by atoms with E-state index >= 15 is 0 Å². The number of hydrogen-bond acceptors (Lipinski definition) is 8. The maximum Gasteiger partial charge on any atom is 0.312 e. The fourth-order valence-corrected chi connectivity index (χ4v) is 5.14. The minimum Gasteiger partial charge on any atom is -0.466 e. The number of hydrogen-bond donors (Lipinski definition) is 0. The zero-order valence-electron chi connectivity index (χ0n) is 11.4. The van der Waals surface area contributed by atoms with Gasteiger partial charge in [-0.3, -0.25) is 4.79 Å². The molecular formula is C13H10ClN3O2S3. The van der Waals surface area contributed by atoms with Gasteiger partial charge in [-0.25, -0.2) is 4.98 Å². The summed E-state index contributed by atoms with van der Waals surface area (Å²) in [5, 5.41) is 9.36. The van der Waals surface area contributed by atoms with Crippen molar-refractivity contribution >= 4 is 62.2 Å². The molecule has 114 valence electrons. The first kappa shape index (κ1) is 15.7. The van der Waals surface area contributed by atoms with Gasteiger partial charge in [0.05, 0.1) is 22.8 Å². The second kappa shape index (κ2) is 6.91. The number of para-hydroxylation sites is 1. The molecule has 0 saturated carbocycles. The van der Waals surface area contributed by atoms with E-state index in [4.69, 9.17) is 16.3 Å². The Labute approximate surface area is 143 Å². The van der Waals surface area contributed by atoms with E-state index in [1.54, 1.807) is 18.3 Å². The van der Waals surface area contributed by atoms with E-state index in [9.17, 15) is 4.79 Å². The van der Waals surface area contributed by atoms with Crippen LogP contribution in [0.4, 0.5) is 0 Å². The standard InChI is InChI=1S/C13H10ClN3O2S3/c1-2-19-10(18)6-9-16-17-13(21-9)22-12-15-11-7(14)4-3-5-8(11)20-12/h3-5H,2,6H2,1H3. The Hall–Kier alpha value is -1.22. The van der Waals surface area contributed by atoms with Gasteiger partial charge < -0.3 is 4.74 Å². The summed E-state index contributed by atoms with van der Waals surface area (Å²) in [5.74, 6) is -0.290. The average molecular weight is 372 g/mol. The van der Waals surface area contributed by atoms with Crippen LogP contribution in [-0.2, 0) is 16.0 Å². The van der Waals surface area contributed by atoms with Crippen molar-refractivity contribution in [1.82, 2.24) is 15.2 Å². The number of ether oxygens (including phenoxy) is 1. The number of carbonyl (C=O) groups is 1. The van der Waals surface area contributed by atoms with Gasteiger partial charge >= 0.3 is 5.97 Å². The van der Waals surface area contributed by atoms with E-state index in [1.165, 1.54) is 23.1 Å². The first-order valence-electron chi connectivity index (χ1n) is 6.36. The summed E-state index contributed by atoms with van der Waals surface area (Å²) >= 11 is 10.5. The third kappa shape index (κ3) is 3.57. The lowest BCUT2D eigenvalue weighted by molar-refractivity contribution is -0.142. The molecule has 0 radical (unpaired) electrons. The van der Waals surface area contributed by atoms with Crippen LogP contribution in [0.1, 0.15) is 11.9 Å². The van der Waals surface area contributed by atoms with Gasteiger partial charge in [-0.1, -0.05) is 29.0 Å². The molecule has 0 spiro atoms. The number of carbonyl (C=O) groups excluding carboxylic acids is 1. The molecule has 0 aliphatic rings. The van der Waals surface area contributed by atoms with Crippen molar-refractivity contribution in [2.24, 2.45) is 0 Å². The van der Waals surface area contributed by atoms with Crippen molar-refractivity contribution < 1.29 is 9.53 Å². The second-order valence-electron chi connectivity index (χ2n) is 4.11. The van der Waals surface area contributed by atoms with E-state index in [2.05, 4.69) is 15.2 Å². The van der Waals surface area contributed by atoms with Crippen molar-refractivity contribution in [3.63, 3.8) is 0 Å². The monoisotopic (exact) mass is 371 g/mol. The zero-order valence-corrected chi connectivity index (χ0v) is 14.6. The molecule has 3 rings (SSSR count). The zero-order chi connectivity index (χ0) is 15.5. The summed E-state index contributed by atoms with van der Waals surface area (Å²) in [6.45, 7) is 2.14. The number of thiazole rings is 1. The summed E-state index contributed by atoms with van der Waals surface area (Å²) in [5.41, 5.74) is 0.799. The number of aromatic nitrogens is 3. The molecule has 2 aromatic heterocycles. The molecule has 2 heterocycles. The number of fused-ring (bicyclic) bond motifs is 1. The van der Waals surface area contributed by atoms with Gasteiger partial charge in [0.15, 0.2) is 8.68 Å². The molecule has 0 amide bonds. The van der Waals surface area contributed by atoms with E-state index < -0.39 is 0 Å². The molecule has 5 nitrogen and oxygen atoms in total. The molecule has 0 unspecified atom stereocenters. The molecule has 1 aromatic carbocycles. The lowest BCUT2D eigenvalue weighted by atomic mass is 10.3. The Morgan fingerprint density at radius 2 is 2.18 bits per heavy atom. The highest BCUT2D eigenvalue weighted by Crippen LogP contribution is 2.37. The van der Waals surface area contributed by atoms with Crippen molar-refractivity contribution in [2.75, 3.05) is 6.61 Å². The predicted molar refractivity (Wildman–Crippen MR) is 89.0 cm³/mol. The summed E-state index contributed by atoms with van der Waals surface area (Å²) in [4.78, 5) is 15.9. The summed E-state index contributed by atoms with van der Waals surface area (Å²) < 4.78 is 7.52. The molecule has 0 atom stereocenters. The van der Waals surface area contributed by atoms with E-state index in [0.29, 0.717) is 16.6 Å². The Morgan fingerprint density at radius 1 is 1.32 bits per heavy atom. The van der Waals surface area contributed by atoms with E-state index in [-0.39, 0.29) is 12.4 Å². The molecule has 0 aliphatic carbocycles. The molecule has 9 heteroatoms. The van der Waals surface area contributed by atoms with Crippen LogP contribution in [0.25, 0.3) is 10.2 Å². The van der Waals surface area contributed by atoms with Crippen LogP contribution in [0, 0.1) is 0 Å². The lowest BCUT2D eigenvalue weighted by Crippen LogP contribution is -2.07. The maximum absolute atomic E-state index is 11.4. The fraction of sp³-hybridized carbons (Fsp3) is 0.231. The van der Waals surface area contributed by atoms with Crippen LogP contribution in [0.3, 0.4) is 0 Å². The van der Waals surface area contributed by atoms with Gasteiger partial charge in [0, 0.05) is 0 Å². The maximum atomic E-state index is 11.4. The first-order chi connectivity index (χ1) is 10.7. The number of halogens is 1. The Kier molecular flexibility index (Phi) is 4.92. The van der Waals surface area contributed by atoms with Gasteiger partial charge in [0.1, 0.15) is 10.5 Å². The van der Waals surface area contributed by atoms with Crippen molar-refractivity contribution in [1.29, 1.82) is 0 Å². The van der Waals surface area contributed by atoms with Gasteiger partial charge in [0.2, 0.25) is 0 Å². The van der Waals surface area contributed by atoms with Crippen molar-refractivity contribution in [3.8, 4) is 0 Å². The highest BCUT2D eigenvalue weighted by atomic mass is 35.5. The number of nitrogens with zero attached hydrogens (tertiary/aromatic N) is 3. The first-order valence-corrected chi connectivity index (χ1v) is 9.19. The fourth-order valence-electron chi connectivity index (χ4n) is 1.70. The molecule has 3 aromatic rings. The highest BCUT2D eigenvalue weighted by molar-refractivity contribution is 8.02. The van der Waals surface area contributed by atoms with Gasteiger partial charge in [-0.05, 0) is 30.8 Å². The van der Waals surface area contributed by atoms with Gasteiger partial charge in [0.25, 0.3) is 0 Å². The van der Waals surface area contributed by atoms with Crippen LogP contribution in [0.5, 0.6) is 0 Å². The number of rotatable bonds is 5. The van der Waals surface area contributed by atoms with Crippen LogP contribution >= 0.6 is 46.0 Å². The minimum absolute atomic E-state index is 0.151. The highest BCUT2D eigenvalue weighted by Gasteiger charge is 2.13. The summed E-state index contributed by atoms with van der Waals surface area (Å²) in [6, 6.07) is 5.70. The molecule has 0 fully saturated rings. The molecule has 0 aliphatic heterocycles. The topological polar surface area (TPSA) is 65.0 Å². The van der Waals surface area contributed by atoms with E-state index in [1.807, 2.05) is 18.2 Å².